The van der Waals surface area contributed by atoms with E-state index in [2.05, 4.69) is 34.7 Å². The average molecular weight is 263 g/mol. The molecule has 3 rings (SSSR count). The fourth-order valence-corrected chi connectivity index (χ4v) is 3.25. The van der Waals surface area contributed by atoms with Gasteiger partial charge in [-0.3, -0.25) is 4.79 Å². The predicted molar refractivity (Wildman–Crippen MR) is 75.3 cm³/mol. The molecule has 0 radical (unpaired) electrons. The summed E-state index contributed by atoms with van der Waals surface area (Å²) in [6, 6.07) is 6.74. The van der Waals surface area contributed by atoms with Crippen molar-refractivity contribution in [3.8, 4) is 0 Å². The molecule has 0 saturated carbocycles. The maximum Gasteiger partial charge on any atom is 0.234 e. The van der Waals surface area contributed by atoms with Crippen molar-refractivity contribution in [3.63, 3.8) is 0 Å². The molecule has 0 bridgehead atoms. The van der Waals surface area contributed by atoms with Gasteiger partial charge in [0, 0.05) is 23.2 Å². The van der Waals surface area contributed by atoms with Crippen molar-refractivity contribution in [3.05, 3.63) is 18.2 Å². The molecular formula is C13H17N3OS. The van der Waals surface area contributed by atoms with E-state index >= 15 is 0 Å². The van der Waals surface area contributed by atoms with Crippen LogP contribution in [0.15, 0.2) is 23.1 Å². The molecule has 1 aromatic rings. The van der Waals surface area contributed by atoms with Crippen molar-refractivity contribution >= 4 is 29.0 Å². The van der Waals surface area contributed by atoms with E-state index in [1.165, 1.54) is 6.42 Å². The first-order valence-corrected chi connectivity index (χ1v) is 7.21. The molecule has 0 aromatic heterocycles. The SMILES string of the molecule is CN1CCC(Nc2ccc3c(c2)NC(=O)CS3)C1. The van der Waals surface area contributed by atoms with E-state index in [0.29, 0.717) is 11.8 Å². The molecule has 96 valence electrons. The van der Waals surface area contributed by atoms with Crippen molar-refractivity contribution in [2.24, 2.45) is 0 Å². The lowest BCUT2D eigenvalue weighted by atomic mass is 10.2. The number of fused-ring (bicyclic) bond motifs is 1. The summed E-state index contributed by atoms with van der Waals surface area (Å²) in [6.45, 7) is 2.23. The second-order valence-electron chi connectivity index (χ2n) is 4.94. The fraction of sp³-hybridized carbons (Fsp3) is 0.462. The number of thioether (sulfide) groups is 1. The van der Waals surface area contributed by atoms with Gasteiger partial charge < -0.3 is 15.5 Å². The Balaban J connectivity index is 1.73. The van der Waals surface area contributed by atoms with E-state index in [-0.39, 0.29) is 5.91 Å². The summed E-state index contributed by atoms with van der Waals surface area (Å²) in [4.78, 5) is 14.8. The summed E-state index contributed by atoms with van der Waals surface area (Å²) in [5.74, 6) is 0.609. The van der Waals surface area contributed by atoms with Crippen LogP contribution in [-0.4, -0.2) is 42.7 Å². The third-order valence-electron chi connectivity index (χ3n) is 3.37. The highest BCUT2D eigenvalue weighted by molar-refractivity contribution is 8.00. The fourth-order valence-electron chi connectivity index (χ4n) is 2.46. The molecule has 5 heteroatoms. The molecule has 18 heavy (non-hydrogen) atoms. The second kappa shape index (κ2) is 4.82. The number of benzene rings is 1. The number of likely N-dealkylation sites (N-methyl/N-ethyl adjacent to an activating group) is 1. The summed E-state index contributed by atoms with van der Waals surface area (Å²) in [5, 5.41) is 6.46. The quantitative estimate of drug-likeness (QED) is 0.854. The molecule has 2 aliphatic heterocycles. The van der Waals surface area contributed by atoms with Crippen molar-refractivity contribution in [1.29, 1.82) is 0 Å². The van der Waals surface area contributed by atoms with Crippen molar-refractivity contribution in [2.75, 3.05) is 36.5 Å². The van der Waals surface area contributed by atoms with E-state index in [9.17, 15) is 4.79 Å². The minimum Gasteiger partial charge on any atom is -0.381 e. The van der Waals surface area contributed by atoms with Crippen LogP contribution in [0.3, 0.4) is 0 Å². The lowest BCUT2D eigenvalue weighted by Gasteiger charge is -2.19. The Hall–Kier alpha value is -1.20. The number of likely N-dealkylation sites (tertiary alicyclic amines) is 1. The van der Waals surface area contributed by atoms with Gasteiger partial charge in [-0.05, 0) is 38.2 Å². The highest BCUT2D eigenvalue weighted by atomic mass is 32.2. The van der Waals surface area contributed by atoms with Crippen LogP contribution in [0, 0.1) is 0 Å². The number of rotatable bonds is 2. The molecule has 1 unspecified atom stereocenters. The van der Waals surface area contributed by atoms with E-state index < -0.39 is 0 Å². The van der Waals surface area contributed by atoms with Crippen LogP contribution in [0.2, 0.25) is 0 Å². The van der Waals surface area contributed by atoms with Gasteiger partial charge in [0.1, 0.15) is 0 Å². The Labute approximate surface area is 111 Å². The van der Waals surface area contributed by atoms with Gasteiger partial charge in [0.15, 0.2) is 0 Å². The number of hydrogen-bond donors (Lipinski definition) is 2. The number of carbonyl (C=O) groups is 1. The van der Waals surface area contributed by atoms with Crippen LogP contribution in [0.4, 0.5) is 11.4 Å². The topological polar surface area (TPSA) is 44.4 Å². The monoisotopic (exact) mass is 263 g/mol. The Morgan fingerprint density at radius 2 is 2.39 bits per heavy atom. The van der Waals surface area contributed by atoms with Crippen molar-refractivity contribution < 1.29 is 4.79 Å². The lowest BCUT2D eigenvalue weighted by Crippen LogP contribution is -2.24. The number of anilines is 2. The van der Waals surface area contributed by atoms with Crippen LogP contribution in [0.25, 0.3) is 0 Å². The summed E-state index contributed by atoms with van der Waals surface area (Å²) < 4.78 is 0. The maximum atomic E-state index is 11.4. The summed E-state index contributed by atoms with van der Waals surface area (Å²) in [5.41, 5.74) is 2.03. The molecule has 1 saturated heterocycles. The maximum absolute atomic E-state index is 11.4. The summed E-state index contributed by atoms with van der Waals surface area (Å²) >= 11 is 1.60. The Morgan fingerprint density at radius 1 is 1.50 bits per heavy atom. The van der Waals surface area contributed by atoms with Gasteiger partial charge in [-0.2, -0.15) is 0 Å². The third-order valence-corrected chi connectivity index (χ3v) is 4.45. The van der Waals surface area contributed by atoms with E-state index in [4.69, 9.17) is 0 Å². The zero-order chi connectivity index (χ0) is 12.5. The normalized spacial score (nSPS) is 23.6. The van der Waals surface area contributed by atoms with Gasteiger partial charge in [0.2, 0.25) is 5.91 Å². The molecule has 0 aliphatic carbocycles. The largest absolute Gasteiger partial charge is 0.381 e. The predicted octanol–water partition coefficient (Wildman–Crippen LogP) is 1.85. The Kier molecular flexibility index (Phi) is 3.18. The number of carbonyl (C=O) groups excluding carboxylic acids is 1. The smallest absolute Gasteiger partial charge is 0.234 e. The van der Waals surface area contributed by atoms with Gasteiger partial charge in [-0.25, -0.2) is 0 Å². The molecule has 1 atom stereocenters. The molecule has 0 spiro atoms. The van der Waals surface area contributed by atoms with Gasteiger partial charge in [-0.1, -0.05) is 0 Å². The third kappa shape index (κ3) is 2.47. The highest BCUT2D eigenvalue weighted by Crippen LogP contribution is 2.33. The highest BCUT2D eigenvalue weighted by Gasteiger charge is 2.20. The minimum absolute atomic E-state index is 0.0882. The zero-order valence-corrected chi connectivity index (χ0v) is 11.2. The first-order chi connectivity index (χ1) is 8.70. The van der Waals surface area contributed by atoms with Crippen LogP contribution in [0.5, 0.6) is 0 Å². The van der Waals surface area contributed by atoms with E-state index in [1.807, 2.05) is 6.07 Å². The van der Waals surface area contributed by atoms with E-state index in [1.54, 1.807) is 11.8 Å². The van der Waals surface area contributed by atoms with Gasteiger partial charge in [-0.15, -0.1) is 11.8 Å². The molecule has 1 aromatic carbocycles. The van der Waals surface area contributed by atoms with Crippen molar-refractivity contribution in [2.45, 2.75) is 17.4 Å². The molecule has 2 aliphatic rings. The minimum atomic E-state index is 0.0882. The first kappa shape index (κ1) is 11.9. The van der Waals surface area contributed by atoms with Crippen LogP contribution < -0.4 is 10.6 Å². The molecule has 1 amide bonds. The van der Waals surface area contributed by atoms with Gasteiger partial charge >= 0.3 is 0 Å². The number of nitrogens with zero attached hydrogens (tertiary/aromatic N) is 1. The number of hydrogen-bond acceptors (Lipinski definition) is 4. The average Bonchev–Trinajstić information content (AvgIpc) is 2.74. The van der Waals surface area contributed by atoms with Gasteiger partial charge in [0.25, 0.3) is 0 Å². The zero-order valence-electron chi connectivity index (χ0n) is 10.4. The van der Waals surface area contributed by atoms with Crippen molar-refractivity contribution in [1.82, 2.24) is 4.90 Å². The summed E-state index contributed by atoms with van der Waals surface area (Å²) in [7, 11) is 2.14. The summed E-state index contributed by atoms with van der Waals surface area (Å²) in [6.07, 6.45) is 1.18. The molecule has 2 heterocycles. The number of nitrogens with one attached hydrogen (secondary N) is 2. The molecule has 2 N–H and O–H groups in total. The van der Waals surface area contributed by atoms with E-state index in [0.717, 1.165) is 29.4 Å². The molecule has 1 fully saturated rings. The van der Waals surface area contributed by atoms with Crippen LogP contribution >= 0.6 is 11.8 Å². The Morgan fingerprint density at radius 3 is 3.17 bits per heavy atom. The second-order valence-corrected chi connectivity index (χ2v) is 5.96. The number of amides is 1. The molecular weight excluding hydrogens is 246 g/mol. The van der Waals surface area contributed by atoms with Crippen LogP contribution in [0.1, 0.15) is 6.42 Å². The van der Waals surface area contributed by atoms with Crippen LogP contribution in [-0.2, 0) is 4.79 Å². The van der Waals surface area contributed by atoms with Gasteiger partial charge in [0.05, 0.1) is 11.4 Å². The standard InChI is InChI=1S/C13H17N3OS/c1-16-5-4-10(7-16)14-9-2-3-12-11(6-9)15-13(17)8-18-12/h2-3,6,10,14H,4-5,7-8H2,1H3,(H,15,17). The molecule has 4 nitrogen and oxygen atoms in total. The first-order valence-electron chi connectivity index (χ1n) is 6.22. The lowest BCUT2D eigenvalue weighted by molar-refractivity contribution is -0.113. The Bertz CT molecular complexity index is 477.